The zero-order valence-corrected chi connectivity index (χ0v) is 15.2. The Bertz CT molecular complexity index is 787. The molecule has 1 saturated heterocycles. The maximum absolute atomic E-state index is 12.5. The van der Waals surface area contributed by atoms with Gasteiger partial charge in [-0.3, -0.25) is 4.79 Å². The number of rotatable bonds is 3. The van der Waals surface area contributed by atoms with Crippen molar-refractivity contribution >= 4 is 29.1 Å². The van der Waals surface area contributed by atoms with E-state index >= 15 is 0 Å². The minimum Gasteiger partial charge on any atom is -0.341 e. The number of benzene rings is 1. The maximum atomic E-state index is 12.5. The average Bonchev–Trinajstić information content (AvgIpc) is 3.06. The van der Waals surface area contributed by atoms with Crippen LogP contribution in [0.15, 0.2) is 18.2 Å². The summed E-state index contributed by atoms with van der Waals surface area (Å²) in [6, 6.07) is 5.38. The molecule has 5 nitrogen and oxygen atoms in total. The molecule has 3 rings (SSSR count). The smallest absolute Gasteiger partial charge is 0.227 e. The van der Waals surface area contributed by atoms with Crippen molar-refractivity contribution in [2.75, 3.05) is 13.1 Å². The first-order chi connectivity index (χ1) is 11.4. The number of aromatic nitrogens is 2. The summed E-state index contributed by atoms with van der Waals surface area (Å²) in [4.78, 5) is 14.3. The topological polar surface area (TPSA) is 64.2 Å². The van der Waals surface area contributed by atoms with Crippen LogP contribution in [0.2, 0.25) is 10.0 Å². The minimum absolute atomic E-state index is 0.0896. The van der Waals surface area contributed by atoms with Crippen molar-refractivity contribution in [3.05, 3.63) is 45.2 Å². The van der Waals surface area contributed by atoms with E-state index in [1.54, 1.807) is 16.8 Å². The van der Waals surface area contributed by atoms with Gasteiger partial charge in [-0.1, -0.05) is 23.2 Å². The highest BCUT2D eigenvalue weighted by Crippen LogP contribution is 2.27. The number of aryl methyl sites for hydroxylation is 1. The molecule has 0 aliphatic carbocycles. The summed E-state index contributed by atoms with van der Waals surface area (Å²) in [7, 11) is 0. The molecule has 7 heteroatoms. The van der Waals surface area contributed by atoms with Crippen LogP contribution in [-0.4, -0.2) is 39.7 Å². The van der Waals surface area contributed by atoms with Crippen molar-refractivity contribution in [3.63, 3.8) is 0 Å². The fraction of sp³-hybridized carbons (Fsp3) is 0.412. The lowest BCUT2D eigenvalue weighted by molar-refractivity contribution is -0.129. The molecule has 0 spiro atoms. The zero-order valence-electron chi connectivity index (χ0n) is 13.7. The molecule has 2 N–H and O–H groups in total. The monoisotopic (exact) mass is 366 g/mol. The molecule has 2 aromatic rings. The molecule has 0 bridgehead atoms. The fourth-order valence-electron chi connectivity index (χ4n) is 3.10. The molecule has 1 aliphatic rings. The number of carbonyl (C=O) groups excluding carboxylic acids is 1. The van der Waals surface area contributed by atoms with Crippen LogP contribution >= 0.6 is 23.2 Å². The predicted molar refractivity (Wildman–Crippen MR) is 95.9 cm³/mol. The third-order valence-electron chi connectivity index (χ3n) is 4.48. The highest BCUT2D eigenvalue weighted by molar-refractivity contribution is 6.35. The van der Waals surface area contributed by atoms with Gasteiger partial charge in [-0.05, 0) is 38.5 Å². The van der Waals surface area contributed by atoms with E-state index in [0.29, 0.717) is 23.0 Å². The van der Waals surface area contributed by atoms with E-state index in [-0.39, 0.29) is 11.9 Å². The van der Waals surface area contributed by atoms with Crippen LogP contribution in [0.5, 0.6) is 0 Å². The van der Waals surface area contributed by atoms with E-state index < -0.39 is 0 Å². The number of nitrogens with zero attached hydrogens (tertiary/aromatic N) is 3. The van der Waals surface area contributed by atoms with Gasteiger partial charge in [-0.15, -0.1) is 0 Å². The standard InChI is InChI=1S/C17H20Cl2N4O/c1-10-14(8-17(24)22-6-5-13(20)9-22)11(2)23(21-10)16-4-3-12(18)7-15(16)19/h3-4,7,13H,5-6,8-9,20H2,1-2H3. The van der Waals surface area contributed by atoms with E-state index in [2.05, 4.69) is 5.10 Å². The number of carbonyl (C=O) groups is 1. The number of hydrogen-bond acceptors (Lipinski definition) is 3. The first kappa shape index (κ1) is 17.3. The van der Waals surface area contributed by atoms with Crippen molar-refractivity contribution in [1.82, 2.24) is 14.7 Å². The number of amides is 1. The highest BCUT2D eigenvalue weighted by atomic mass is 35.5. The molecule has 1 aliphatic heterocycles. The molecule has 0 radical (unpaired) electrons. The third-order valence-corrected chi connectivity index (χ3v) is 5.02. The molecular weight excluding hydrogens is 347 g/mol. The first-order valence-electron chi connectivity index (χ1n) is 7.90. The Kier molecular flexibility index (Phi) is 4.85. The molecule has 1 aromatic carbocycles. The lowest BCUT2D eigenvalue weighted by Crippen LogP contribution is -2.33. The largest absolute Gasteiger partial charge is 0.341 e. The predicted octanol–water partition coefficient (Wildman–Crippen LogP) is 2.90. The Morgan fingerprint density at radius 1 is 1.38 bits per heavy atom. The zero-order chi connectivity index (χ0) is 17.4. The molecule has 1 unspecified atom stereocenters. The normalized spacial score (nSPS) is 17.5. The summed E-state index contributed by atoms with van der Waals surface area (Å²) in [5.74, 6) is 0.0934. The molecule has 24 heavy (non-hydrogen) atoms. The number of nitrogens with two attached hydrogens (primary N) is 1. The average molecular weight is 367 g/mol. The van der Waals surface area contributed by atoms with Crippen LogP contribution in [0.25, 0.3) is 5.69 Å². The van der Waals surface area contributed by atoms with E-state index in [0.717, 1.165) is 35.6 Å². The molecule has 2 heterocycles. The van der Waals surface area contributed by atoms with Crippen molar-refractivity contribution < 1.29 is 4.79 Å². The second-order valence-corrected chi connectivity index (χ2v) is 7.07. The Hall–Kier alpha value is -1.56. The second kappa shape index (κ2) is 6.75. The Morgan fingerprint density at radius 2 is 2.12 bits per heavy atom. The molecule has 1 atom stereocenters. The third kappa shape index (κ3) is 3.29. The number of likely N-dealkylation sites (tertiary alicyclic amines) is 1. The van der Waals surface area contributed by atoms with Gasteiger partial charge < -0.3 is 10.6 Å². The summed E-state index contributed by atoms with van der Waals surface area (Å²) < 4.78 is 1.77. The van der Waals surface area contributed by atoms with Crippen LogP contribution in [0.1, 0.15) is 23.4 Å². The van der Waals surface area contributed by atoms with Crippen molar-refractivity contribution in [2.45, 2.75) is 32.7 Å². The SMILES string of the molecule is Cc1nn(-c2ccc(Cl)cc2Cl)c(C)c1CC(=O)N1CCC(N)C1. The van der Waals surface area contributed by atoms with Gasteiger partial charge in [0.05, 0.1) is 22.8 Å². The summed E-state index contributed by atoms with van der Waals surface area (Å²) in [5, 5.41) is 5.66. The van der Waals surface area contributed by atoms with Gasteiger partial charge in [-0.2, -0.15) is 5.10 Å². The lowest BCUT2D eigenvalue weighted by Gasteiger charge is -2.16. The van der Waals surface area contributed by atoms with Gasteiger partial charge in [-0.25, -0.2) is 4.68 Å². The van der Waals surface area contributed by atoms with E-state index in [1.165, 1.54) is 0 Å². The molecule has 1 fully saturated rings. The Morgan fingerprint density at radius 3 is 2.75 bits per heavy atom. The Balaban J connectivity index is 1.88. The lowest BCUT2D eigenvalue weighted by atomic mass is 10.1. The van der Waals surface area contributed by atoms with E-state index in [4.69, 9.17) is 28.9 Å². The van der Waals surface area contributed by atoms with Crippen molar-refractivity contribution in [1.29, 1.82) is 0 Å². The van der Waals surface area contributed by atoms with E-state index in [9.17, 15) is 4.79 Å². The molecular formula is C17H20Cl2N4O. The number of hydrogen-bond donors (Lipinski definition) is 1. The molecule has 1 amide bonds. The van der Waals surface area contributed by atoms with Gasteiger partial charge >= 0.3 is 0 Å². The van der Waals surface area contributed by atoms with Crippen LogP contribution in [0.3, 0.4) is 0 Å². The minimum atomic E-state index is 0.0896. The van der Waals surface area contributed by atoms with Crippen LogP contribution in [0, 0.1) is 13.8 Å². The summed E-state index contributed by atoms with van der Waals surface area (Å²) in [5.41, 5.74) is 9.32. The van der Waals surface area contributed by atoms with Crippen molar-refractivity contribution in [3.8, 4) is 5.69 Å². The van der Waals surface area contributed by atoms with Gasteiger partial charge in [0, 0.05) is 35.4 Å². The van der Waals surface area contributed by atoms with Crippen LogP contribution < -0.4 is 5.73 Å². The molecule has 1 aromatic heterocycles. The summed E-state index contributed by atoms with van der Waals surface area (Å²) in [6.45, 7) is 5.22. The van der Waals surface area contributed by atoms with E-state index in [1.807, 2.05) is 24.8 Å². The quantitative estimate of drug-likeness (QED) is 0.907. The van der Waals surface area contributed by atoms with Gasteiger partial charge in [0.2, 0.25) is 5.91 Å². The van der Waals surface area contributed by atoms with Crippen molar-refractivity contribution in [2.24, 2.45) is 5.73 Å². The fourth-order valence-corrected chi connectivity index (χ4v) is 3.58. The first-order valence-corrected chi connectivity index (χ1v) is 8.66. The van der Waals surface area contributed by atoms with Gasteiger partial charge in [0.1, 0.15) is 0 Å². The van der Waals surface area contributed by atoms with Crippen LogP contribution in [-0.2, 0) is 11.2 Å². The van der Waals surface area contributed by atoms with Gasteiger partial charge in [0.25, 0.3) is 0 Å². The highest BCUT2D eigenvalue weighted by Gasteiger charge is 2.25. The Labute approximate surface area is 151 Å². The van der Waals surface area contributed by atoms with Crippen LogP contribution in [0.4, 0.5) is 0 Å². The maximum Gasteiger partial charge on any atom is 0.227 e. The molecule has 128 valence electrons. The summed E-state index contributed by atoms with van der Waals surface area (Å²) in [6.07, 6.45) is 1.19. The second-order valence-electron chi connectivity index (χ2n) is 6.22. The van der Waals surface area contributed by atoms with Gasteiger partial charge in [0.15, 0.2) is 0 Å². The summed E-state index contributed by atoms with van der Waals surface area (Å²) >= 11 is 12.2. The molecule has 0 saturated carbocycles. The number of halogens is 2.